The largest absolute Gasteiger partial charge is 0.354 e. The first kappa shape index (κ1) is 13.8. The minimum absolute atomic E-state index is 0.746. The van der Waals surface area contributed by atoms with Crippen molar-refractivity contribution >= 4 is 5.82 Å². The molecule has 3 rings (SSSR count). The Bertz CT molecular complexity index is 448. The zero-order valence-electron chi connectivity index (χ0n) is 12.6. The van der Waals surface area contributed by atoms with Crippen molar-refractivity contribution in [3.05, 3.63) is 17.6 Å². The summed E-state index contributed by atoms with van der Waals surface area (Å²) in [6.07, 6.45) is 2.27. The van der Waals surface area contributed by atoms with Gasteiger partial charge < -0.3 is 10.2 Å². The Morgan fingerprint density at radius 1 is 1.25 bits per heavy atom. The van der Waals surface area contributed by atoms with Gasteiger partial charge in [0.25, 0.3) is 0 Å². The van der Waals surface area contributed by atoms with E-state index in [0.29, 0.717) is 0 Å². The lowest BCUT2D eigenvalue weighted by Gasteiger charge is -2.38. The number of piperazine rings is 1. The first-order chi connectivity index (χ1) is 9.76. The van der Waals surface area contributed by atoms with Gasteiger partial charge in [-0.3, -0.25) is 4.90 Å². The van der Waals surface area contributed by atoms with Crippen LogP contribution in [0.4, 0.5) is 5.82 Å². The third-order valence-corrected chi connectivity index (χ3v) is 4.43. The Hall–Kier alpha value is -1.20. The molecule has 1 aromatic heterocycles. The molecule has 2 aliphatic heterocycles. The number of nitrogens with one attached hydrogen (secondary N) is 1. The topological polar surface area (TPSA) is 44.3 Å². The number of anilines is 1. The van der Waals surface area contributed by atoms with Crippen LogP contribution < -0.4 is 10.2 Å². The molecule has 5 nitrogen and oxygen atoms in total. The molecule has 1 atom stereocenters. The van der Waals surface area contributed by atoms with Gasteiger partial charge in [0.1, 0.15) is 11.6 Å². The fourth-order valence-corrected chi connectivity index (χ4v) is 3.22. The zero-order chi connectivity index (χ0) is 13.9. The van der Waals surface area contributed by atoms with Gasteiger partial charge in [0.05, 0.1) is 0 Å². The van der Waals surface area contributed by atoms with Gasteiger partial charge in [0, 0.05) is 50.5 Å². The van der Waals surface area contributed by atoms with Crippen molar-refractivity contribution < 1.29 is 0 Å². The molecule has 0 spiro atoms. The quantitative estimate of drug-likeness (QED) is 0.885. The van der Waals surface area contributed by atoms with Crippen molar-refractivity contribution in [1.82, 2.24) is 20.2 Å². The Kier molecular flexibility index (Phi) is 4.17. The molecule has 3 heterocycles. The average Bonchev–Trinajstić information content (AvgIpc) is 3.01. The van der Waals surface area contributed by atoms with E-state index in [1.165, 1.54) is 13.0 Å². The molecule has 2 saturated heterocycles. The number of nitrogens with zero attached hydrogens (tertiary/aromatic N) is 4. The molecule has 110 valence electrons. The highest BCUT2D eigenvalue weighted by Crippen LogP contribution is 2.18. The normalized spacial score (nSPS) is 24.3. The summed E-state index contributed by atoms with van der Waals surface area (Å²) in [6.45, 7) is 10.9. The van der Waals surface area contributed by atoms with E-state index in [2.05, 4.69) is 38.1 Å². The van der Waals surface area contributed by atoms with Gasteiger partial charge >= 0.3 is 0 Å². The average molecular weight is 275 g/mol. The van der Waals surface area contributed by atoms with Crippen LogP contribution in [0.5, 0.6) is 0 Å². The minimum Gasteiger partial charge on any atom is -0.354 e. The van der Waals surface area contributed by atoms with Crippen molar-refractivity contribution in [2.24, 2.45) is 0 Å². The fraction of sp³-hybridized carbons (Fsp3) is 0.733. The van der Waals surface area contributed by atoms with Crippen molar-refractivity contribution in [3.63, 3.8) is 0 Å². The van der Waals surface area contributed by atoms with Gasteiger partial charge in [-0.05, 0) is 26.3 Å². The van der Waals surface area contributed by atoms with Crippen molar-refractivity contribution in [2.75, 3.05) is 44.2 Å². The number of hydrogen-bond acceptors (Lipinski definition) is 5. The van der Waals surface area contributed by atoms with E-state index in [4.69, 9.17) is 0 Å². The molecule has 0 bridgehead atoms. The van der Waals surface area contributed by atoms with Gasteiger partial charge in [-0.1, -0.05) is 6.92 Å². The van der Waals surface area contributed by atoms with Crippen LogP contribution >= 0.6 is 0 Å². The van der Waals surface area contributed by atoms with E-state index in [1.807, 2.05) is 6.92 Å². The SMILES string of the molecule is CCc1cc(N2CCN(C3CCNC3)CC2)nc(C)n1. The zero-order valence-corrected chi connectivity index (χ0v) is 12.6. The summed E-state index contributed by atoms with van der Waals surface area (Å²) >= 11 is 0. The second kappa shape index (κ2) is 6.06. The van der Waals surface area contributed by atoms with E-state index >= 15 is 0 Å². The van der Waals surface area contributed by atoms with Crippen LogP contribution in [0, 0.1) is 6.92 Å². The highest BCUT2D eigenvalue weighted by atomic mass is 15.3. The molecule has 0 saturated carbocycles. The Morgan fingerprint density at radius 2 is 2.05 bits per heavy atom. The predicted octanol–water partition coefficient (Wildman–Crippen LogP) is 0.831. The molecule has 0 aliphatic carbocycles. The van der Waals surface area contributed by atoms with Crippen LogP contribution in [0.2, 0.25) is 0 Å². The first-order valence-electron chi connectivity index (χ1n) is 7.80. The lowest BCUT2D eigenvalue weighted by Crippen LogP contribution is -2.51. The van der Waals surface area contributed by atoms with Gasteiger partial charge in [-0.2, -0.15) is 0 Å². The van der Waals surface area contributed by atoms with Crippen molar-refractivity contribution in [3.8, 4) is 0 Å². The maximum Gasteiger partial charge on any atom is 0.132 e. The standard InChI is InChI=1S/C15H25N5/c1-3-13-10-15(18-12(2)17-13)20-8-6-19(7-9-20)14-4-5-16-11-14/h10,14,16H,3-9,11H2,1-2H3. The van der Waals surface area contributed by atoms with Crippen LogP contribution in [0.1, 0.15) is 24.9 Å². The number of rotatable bonds is 3. The molecule has 0 aromatic carbocycles. The lowest BCUT2D eigenvalue weighted by atomic mass is 10.2. The molecule has 5 heteroatoms. The summed E-state index contributed by atoms with van der Waals surface area (Å²) in [5.41, 5.74) is 1.15. The van der Waals surface area contributed by atoms with Crippen molar-refractivity contribution in [1.29, 1.82) is 0 Å². The number of aryl methyl sites for hydroxylation is 2. The molecule has 20 heavy (non-hydrogen) atoms. The van der Waals surface area contributed by atoms with Crippen LogP contribution in [-0.2, 0) is 6.42 Å². The summed E-state index contributed by atoms with van der Waals surface area (Å²) in [5, 5.41) is 3.46. The third kappa shape index (κ3) is 2.94. The number of aromatic nitrogens is 2. The second-order valence-electron chi connectivity index (χ2n) is 5.79. The monoisotopic (exact) mass is 275 g/mol. The van der Waals surface area contributed by atoms with E-state index in [-0.39, 0.29) is 0 Å². The smallest absolute Gasteiger partial charge is 0.132 e. The third-order valence-electron chi connectivity index (χ3n) is 4.43. The number of hydrogen-bond donors (Lipinski definition) is 1. The maximum atomic E-state index is 4.61. The molecule has 1 N–H and O–H groups in total. The highest BCUT2D eigenvalue weighted by Gasteiger charge is 2.26. The van der Waals surface area contributed by atoms with Gasteiger partial charge in [-0.15, -0.1) is 0 Å². The summed E-state index contributed by atoms with van der Waals surface area (Å²) in [7, 11) is 0. The summed E-state index contributed by atoms with van der Waals surface area (Å²) < 4.78 is 0. The molecule has 1 aromatic rings. The Labute approximate surface area is 121 Å². The lowest BCUT2D eigenvalue weighted by molar-refractivity contribution is 0.196. The Morgan fingerprint density at radius 3 is 2.70 bits per heavy atom. The van der Waals surface area contributed by atoms with Crippen LogP contribution in [-0.4, -0.2) is 60.2 Å². The molecule has 2 fully saturated rings. The van der Waals surface area contributed by atoms with Crippen LogP contribution in [0.3, 0.4) is 0 Å². The highest BCUT2D eigenvalue weighted by molar-refractivity contribution is 5.40. The van der Waals surface area contributed by atoms with E-state index in [0.717, 1.165) is 62.5 Å². The molecular weight excluding hydrogens is 250 g/mol. The van der Waals surface area contributed by atoms with Gasteiger partial charge in [0.2, 0.25) is 0 Å². The molecule has 1 unspecified atom stereocenters. The van der Waals surface area contributed by atoms with E-state index in [1.54, 1.807) is 0 Å². The second-order valence-corrected chi connectivity index (χ2v) is 5.79. The van der Waals surface area contributed by atoms with E-state index in [9.17, 15) is 0 Å². The summed E-state index contributed by atoms with van der Waals surface area (Å²) in [5.74, 6) is 2.00. The molecule has 2 aliphatic rings. The van der Waals surface area contributed by atoms with Crippen LogP contribution in [0.25, 0.3) is 0 Å². The predicted molar refractivity (Wildman–Crippen MR) is 81.2 cm³/mol. The molecular formula is C15H25N5. The Balaban J connectivity index is 1.64. The minimum atomic E-state index is 0.746. The molecule has 0 amide bonds. The fourth-order valence-electron chi connectivity index (χ4n) is 3.22. The van der Waals surface area contributed by atoms with E-state index < -0.39 is 0 Å². The van der Waals surface area contributed by atoms with Gasteiger partial charge in [-0.25, -0.2) is 9.97 Å². The van der Waals surface area contributed by atoms with Crippen molar-refractivity contribution in [2.45, 2.75) is 32.7 Å². The maximum absolute atomic E-state index is 4.61. The summed E-state index contributed by atoms with van der Waals surface area (Å²) in [4.78, 5) is 14.1. The molecule has 0 radical (unpaired) electrons. The van der Waals surface area contributed by atoms with Crippen LogP contribution in [0.15, 0.2) is 6.07 Å². The summed E-state index contributed by atoms with van der Waals surface area (Å²) in [6, 6.07) is 2.90. The first-order valence-corrected chi connectivity index (χ1v) is 7.80. The van der Waals surface area contributed by atoms with Gasteiger partial charge in [0.15, 0.2) is 0 Å².